The van der Waals surface area contributed by atoms with E-state index in [0.717, 1.165) is 55.0 Å². The molecule has 9 aromatic carbocycles. The van der Waals surface area contributed by atoms with E-state index in [1.165, 1.54) is 4.90 Å². The molecule has 254 valence electrons. The molecule has 0 fully saturated rings. The monoisotopic (exact) mass is 697 g/mol. The van der Waals surface area contributed by atoms with Gasteiger partial charge in [-0.1, -0.05) is 164 Å². The molecule has 0 saturated carbocycles. The lowest BCUT2D eigenvalue weighted by Crippen LogP contribution is -2.09. The fourth-order valence-corrected chi connectivity index (χ4v) is 7.19. The molecule has 1 heterocycles. The second kappa shape index (κ2) is 13.4. The third kappa shape index (κ3) is 5.71. The van der Waals surface area contributed by atoms with Crippen molar-refractivity contribution in [1.82, 2.24) is 0 Å². The van der Waals surface area contributed by atoms with E-state index in [1.807, 2.05) is 133 Å². The molecule has 0 bridgehead atoms. The zero-order valence-electron chi connectivity index (χ0n) is 36.9. The Morgan fingerprint density at radius 3 is 1.59 bits per heavy atom. The fourth-order valence-electron chi connectivity index (χ4n) is 7.19. The molecule has 0 spiro atoms. The molecule has 0 unspecified atom stereocenters. The highest BCUT2D eigenvalue weighted by atomic mass is 16.3. The van der Waals surface area contributed by atoms with Gasteiger partial charge in [0, 0.05) is 27.8 Å². The smallest absolute Gasteiger partial charge is 0.136 e. The van der Waals surface area contributed by atoms with E-state index in [4.69, 9.17) is 4.42 Å². The van der Waals surface area contributed by atoms with Crippen molar-refractivity contribution in [3.05, 3.63) is 212 Å². The van der Waals surface area contributed by atoms with Gasteiger partial charge in [0.15, 0.2) is 0 Å². The topological polar surface area (TPSA) is 16.4 Å². The van der Waals surface area contributed by atoms with E-state index in [1.54, 1.807) is 30.3 Å². The van der Waals surface area contributed by atoms with Gasteiger partial charge in [-0.3, -0.25) is 0 Å². The van der Waals surface area contributed by atoms with E-state index in [0.29, 0.717) is 16.8 Å². The first kappa shape index (κ1) is 24.2. The second-order valence-corrected chi connectivity index (χ2v) is 13.1. The quantitative estimate of drug-likeness (QED) is 0.165. The van der Waals surface area contributed by atoms with Crippen molar-refractivity contribution < 1.29 is 15.4 Å². The summed E-state index contributed by atoms with van der Waals surface area (Å²) >= 11 is 0. The summed E-state index contributed by atoms with van der Waals surface area (Å²) in [6.07, 6.45) is 0. The Bertz CT molecular complexity index is 3320. The average Bonchev–Trinajstić information content (AvgIpc) is 3.70. The Balaban J connectivity index is 1.18. The lowest BCUT2D eigenvalue weighted by atomic mass is 9.97. The number of fused-ring (bicyclic) bond motifs is 4. The van der Waals surface area contributed by atoms with Gasteiger partial charge in [-0.25, -0.2) is 0 Å². The number of para-hydroxylation sites is 1. The van der Waals surface area contributed by atoms with Crippen molar-refractivity contribution in [3.8, 4) is 44.5 Å². The maximum absolute atomic E-state index is 9.54. The third-order valence-corrected chi connectivity index (χ3v) is 9.85. The minimum Gasteiger partial charge on any atom is -0.456 e. The Morgan fingerprint density at radius 2 is 0.852 bits per heavy atom. The minimum absolute atomic E-state index is 0.102. The summed E-state index contributed by atoms with van der Waals surface area (Å²) < 4.78 is 81.8. The van der Waals surface area contributed by atoms with E-state index >= 15 is 0 Å². The molecule has 10 rings (SSSR count). The van der Waals surface area contributed by atoms with Crippen LogP contribution in [0.15, 0.2) is 217 Å². The van der Waals surface area contributed by atoms with Gasteiger partial charge in [0.2, 0.25) is 0 Å². The molecule has 0 saturated heterocycles. The number of anilines is 3. The Labute approximate surface area is 326 Å². The van der Waals surface area contributed by atoms with Gasteiger partial charge in [-0.2, -0.15) is 0 Å². The molecule has 0 aliphatic rings. The first-order chi connectivity index (χ1) is 30.1. The van der Waals surface area contributed by atoms with E-state index in [2.05, 4.69) is 0 Å². The average molecular weight is 698 g/mol. The van der Waals surface area contributed by atoms with Crippen LogP contribution < -0.4 is 4.90 Å². The van der Waals surface area contributed by atoms with Crippen molar-refractivity contribution in [2.45, 2.75) is 0 Å². The lowest BCUT2D eigenvalue weighted by molar-refractivity contribution is 0.669. The molecule has 0 aliphatic carbocycles. The Kier molecular flexibility index (Phi) is 6.01. The van der Waals surface area contributed by atoms with Crippen LogP contribution in [-0.4, -0.2) is 0 Å². The molecule has 0 atom stereocenters. The second-order valence-electron chi connectivity index (χ2n) is 13.1. The summed E-state index contributed by atoms with van der Waals surface area (Å²) in [6, 6.07) is 48.2. The summed E-state index contributed by atoms with van der Waals surface area (Å²) in [4.78, 5) is 1.34. The van der Waals surface area contributed by atoms with Gasteiger partial charge < -0.3 is 9.32 Å². The van der Waals surface area contributed by atoms with Crippen LogP contribution in [0.5, 0.6) is 0 Å². The van der Waals surface area contributed by atoms with Crippen LogP contribution in [0.2, 0.25) is 0 Å². The zero-order valence-corrected chi connectivity index (χ0v) is 28.9. The summed E-state index contributed by atoms with van der Waals surface area (Å²) in [6.45, 7) is 0. The fraction of sp³-hybridized carbons (Fsp3) is 0. The van der Waals surface area contributed by atoms with Gasteiger partial charge in [0.25, 0.3) is 0 Å². The SMILES string of the molecule is [2H]c1c([2H])c(N(c2ccc(-c3cccc4oc5ccccc5c34)cc2)c2c([2H])c([2H])c(-c3cccc4ccccc34)c([2H])c2[2H])c([2H])c([2H])c1-c1ccc(-c2ccccc2)cc1. The molecule has 1 aromatic heterocycles. The van der Waals surface area contributed by atoms with Crippen molar-refractivity contribution in [3.63, 3.8) is 0 Å². The highest BCUT2D eigenvalue weighted by Crippen LogP contribution is 2.41. The number of rotatable bonds is 7. The molecular formula is C52H35NO. The third-order valence-electron chi connectivity index (χ3n) is 9.85. The molecular weight excluding hydrogens is 655 g/mol. The summed E-state index contributed by atoms with van der Waals surface area (Å²) in [5.41, 5.74) is 6.29. The standard InChI is InChI=1S/C52H35NO/c1-2-10-36(11-3-1)37-20-22-38(23-21-37)39-24-30-43(31-25-39)53(44-32-26-41(27-33-44)47-16-8-13-40-12-4-5-14-46(40)47)45-34-28-42(29-35-45)48-17-9-19-51-52(48)49-15-6-7-18-50(49)54-51/h1-35H/i24D,25D,26D,27D,30D,31D,32D,33D. The van der Waals surface area contributed by atoms with E-state index in [9.17, 15) is 11.0 Å². The molecule has 2 nitrogen and oxygen atoms in total. The van der Waals surface area contributed by atoms with Crippen molar-refractivity contribution >= 4 is 49.8 Å². The largest absolute Gasteiger partial charge is 0.456 e. The summed E-state index contributed by atoms with van der Waals surface area (Å²) in [7, 11) is 0. The number of hydrogen-bond acceptors (Lipinski definition) is 2. The molecule has 0 aliphatic heterocycles. The Hall–Kier alpha value is -7.16. The first-order valence-corrected chi connectivity index (χ1v) is 17.8. The van der Waals surface area contributed by atoms with E-state index in [-0.39, 0.29) is 46.7 Å². The van der Waals surface area contributed by atoms with Gasteiger partial charge in [0.05, 0.1) is 11.0 Å². The molecule has 54 heavy (non-hydrogen) atoms. The van der Waals surface area contributed by atoms with Crippen LogP contribution in [-0.2, 0) is 0 Å². The van der Waals surface area contributed by atoms with Crippen molar-refractivity contribution in [2.24, 2.45) is 0 Å². The van der Waals surface area contributed by atoms with Crippen molar-refractivity contribution in [1.29, 1.82) is 0 Å². The number of benzene rings is 9. The van der Waals surface area contributed by atoms with Crippen molar-refractivity contribution in [2.75, 3.05) is 4.90 Å². The molecule has 0 amide bonds. The predicted octanol–water partition coefficient (Wildman–Crippen LogP) is 14.9. The van der Waals surface area contributed by atoms with Gasteiger partial charge >= 0.3 is 0 Å². The minimum atomic E-state index is -0.401. The summed E-state index contributed by atoms with van der Waals surface area (Å²) in [5.74, 6) is 0. The number of furan rings is 1. The highest BCUT2D eigenvalue weighted by molar-refractivity contribution is 6.12. The number of nitrogens with zero attached hydrogens (tertiary/aromatic N) is 1. The normalized spacial score (nSPS) is 13.4. The van der Waals surface area contributed by atoms with Crippen LogP contribution in [0.25, 0.3) is 77.2 Å². The maximum atomic E-state index is 9.54. The van der Waals surface area contributed by atoms with Crippen LogP contribution in [0.3, 0.4) is 0 Å². The lowest BCUT2D eigenvalue weighted by Gasteiger charge is -2.26. The zero-order chi connectivity index (χ0) is 42.8. The molecule has 10 aromatic rings. The van der Waals surface area contributed by atoms with Gasteiger partial charge in [-0.05, 0) is 104 Å². The van der Waals surface area contributed by atoms with E-state index < -0.39 is 24.2 Å². The molecule has 0 N–H and O–H groups in total. The summed E-state index contributed by atoms with van der Waals surface area (Å²) in [5, 5.41) is 3.54. The van der Waals surface area contributed by atoms with Crippen LogP contribution in [0.4, 0.5) is 17.1 Å². The first-order valence-electron chi connectivity index (χ1n) is 21.8. The van der Waals surface area contributed by atoms with Gasteiger partial charge in [-0.15, -0.1) is 0 Å². The Morgan fingerprint density at radius 1 is 0.333 bits per heavy atom. The van der Waals surface area contributed by atoms with Crippen LogP contribution in [0, 0.1) is 0 Å². The molecule has 2 heteroatoms. The molecule has 0 radical (unpaired) electrons. The van der Waals surface area contributed by atoms with Crippen LogP contribution in [0.1, 0.15) is 11.0 Å². The number of hydrogen-bond donors (Lipinski definition) is 0. The maximum Gasteiger partial charge on any atom is 0.136 e. The highest BCUT2D eigenvalue weighted by Gasteiger charge is 2.16. The predicted molar refractivity (Wildman–Crippen MR) is 228 cm³/mol. The van der Waals surface area contributed by atoms with Crippen LogP contribution >= 0.6 is 0 Å². The van der Waals surface area contributed by atoms with Gasteiger partial charge in [0.1, 0.15) is 11.2 Å².